The molecule has 0 aliphatic carbocycles. The Labute approximate surface area is 130 Å². The molecule has 1 aromatic rings. The van der Waals surface area contributed by atoms with Gasteiger partial charge in [0.2, 0.25) is 5.91 Å². The molecule has 8 heteroatoms. The highest BCUT2D eigenvalue weighted by atomic mass is 19.4. The Hall–Kier alpha value is -2.51. The van der Waals surface area contributed by atoms with E-state index in [4.69, 9.17) is 4.74 Å². The summed E-state index contributed by atoms with van der Waals surface area (Å²) in [6, 6.07) is 6.54. The van der Waals surface area contributed by atoms with Crippen molar-refractivity contribution in [3.05, 3.63) is 36.9 Å². The molecule has 0 aromatic heterocycles. The Morgan fingerprint density at radius 1 is 1.39 bits per heavy atom. The average Bonchev–Trinajstić information content (AvgIpc) is 2.48. The molecule has 0 spiro atoms. The summed E-state index contributed by atoms with van der Waals surface area (Å²) in [6.45, 7) is 0.965. The number of hydrogen-bond donors (Lipinski definition) is 0. The highest BCUT2D eigenvalue weighted by Gasteiger charge is 2.34. The first-order chi connectivity index (χ1) is 10.8. The summed E-state index contributed by atoms with van der Waals surface area (Å²) in [5.74, 6) is -0.888. The fraction of sp³-hybridized carbons (Fsp3) is 0.333. The molecule has 1 aliphatic rings. The Morgan fingerprint density at radius 3 is 2.74 bits per heavy atom. The van der Waals surface area contributed by atoms with E-state index in [2.05, 4.69) is 6.58 Å². The zero-order valence-electron chi connectivity index (χ0n) is 12.2. The number of carbonyl (C=O) groups excluding carboxylic acids is 2. The zero-order valence-corrected chi connectivity index (χ0v) is 12.2. The monoisotopic (exact) mass is 328 g/mol. The van der Waals surface area contributed by atoms with Crippen LogP contribution in [0.4, 0.5) is 18.9 Å². The lowest BCUT2D eigenvalue weighted by molar-refractivity contribution is -0.159. The van der Waals surface area contributed by atoms with E-state index in [1.54, 1.807) is 24.3 Å². The molecule has 0 N–H and O–H groups in total. The van der Waals surface area contributed by atoms with Gasteiger partial charge in [0, 0.05) is 6.54 Å². The van der Waals surface area contributed by atoms with Crippen molar-refractivity contribution in [1.82, 2.24) is 4.90 Å². The molecule has 1 aromatic carbocycles. The number of para-hydroxylation sites is 2. The van der Waals surface area contributed by atoms with Gasteiger partial charge in [0.1, 0.15) is 18.8 Å². The first kappa shape index (κ1) is 16.9. The second kappa shape index (κ2) is 6.72. The van der Waals surface area contributed by atoms with Gasteiger partial charge in [0.15, 0.2) is 6.61 Å². The van der Waals surface area contributed by atoms with Crippen LogP contribution in [-0.4, -0.2) is 49.1 Å². The molecule has 0 saturated carbocycles. The number of amides is 2. The van der Waals surface area contributed by atoms with Gasteiger partial charge < -0.3 is 9.64 Å². The second-order valence-corrected chi connectivity index (χ2v) is 4.91. The van der Waals surface area contributed by atoms with Crippen LogP contribution in [0.2, 0.25) is 0 Å². The fourth-order valence-electron chi connectivity index (χ4n) is 2.19. The summed E-state index contributed by atoms with van der Waals surface area (Å²) in [4.78, 5) is 25.9. The number of rotatable bonds is 5. The minimum Gasteiger partial charge on any atom is -0.482 e. The maximum absolute atomic E-state index is 12.6. The SMILES string of the molecule is C=CCN(CC(F)(F)F)C(=O)CN1C(=O)COc2ccccc21. The number of anilines is 1. The van der Waals surface area contributed by atoms with E-state index in [9.17, 15) is 22.8 Å². The number of ether oxygens (including phenoxy) is 1. The number of halogens is 3. The van der Waals surface area contributed by atoms with Crippen LogP contribution >= 0.6 is 0 Å². The van der Waals surface area contributed by atoms with Crippen molar-refractivity contribution < 1.29 is 27.5 Å². The standard InChI is InChI=1S/C15H15F3N2O3/c1-2-7-19(10-15(16,17)18)13(21)8-20-11-5-3-4-6-12(11)23-9-14(20)22/h2-6H,1,7-10H2. The van der Waals surface area contributed by atoms with Crippen LogP contribution < -0.4 is 9.64 Å². The summed E-state index contributed by atoms with van der Waals surface area (Å²) in [5.41, 5.74) is 0.364. The predicted molar refractivity (Wildman–Crippen MR) is 77.1 cm³/mol. The molecular formula is C15H15F3N2O3. The topological polar surface area (TPSA) is 49.9 Å². The van der Waals surface area contributed by atoms with Gasteiger partial charge in [-0.2, -0.15) is 13.2 Å². The molecule has 0 atom stereocenters. The van der Waals surface area contributed by atoms with Gasteiger partial charge in [-0.15, -0.1) is 6.58 Å². The first-order valence-electron chi connectivity index (χ1n) is 6.79. The molecule has 2 rings (SSSR count). The van der Waals surface area contributed by atoms with Crippen LogP contribution in [0.5, 0.6) is 5.75 Å². The normalized spacial score (nSPS) is 14.0. The van der Waals surface area contributed by atoms with E-state index < -0.39 is 31.1 Å². The van der Waals surface area contributed by atoms with Crippen molar-refractivity contribution in [3.63, 3.8) is 0 Å². The van der Waals surface area contributed by atoms with Gasteiger partial charge in [-0.25, -0.2) is 0 Å². The first-order valence-corrected chi connectivity index (χ1v) is 6.79. The largest absolute Gasteiger partial charge is 0.482 e. The Kier molecular flexibility index (Phi) is 4.92. The van der Waals surface area contributed by atoms with Crippen LogP contribution in [0, 0.1) is 0 Å². The summed E-state index contributed by atoms with van der Waals surface area (Å²) in [6.07, 6.45) is -3.32. The van der Waals surface area contributed by atoms with Gasteiger partial charge >= 0.3 is 6.18 Å². The van der Waals surface area contributed by atoms with Gasteiger partial charge in [-0.3, -0.25) is 14.5 Å². The molecule has 1 heterocycles. The zero-order chi connectivity index (χ0) is 17.0. The molecular weight excluding hydrogens is 313 g/mol. The van der Waals surface area contributed by atoms with Crippen LogP contribution in [0.15, 0.2) is 36.9 Å². The number of carbonyl (C=O) groups is 2. The summed E-state index contributed by atoms with van der Waals surface area (Å²) < 4.78 is 42.9. The lowest BCUT2D eigenvalue weighted by Gasteiger charge is -2.31. The fourth-order valence-corrected chi connectivity index (χ4v) is 2.19. The molecule has 0 unspecified atom stereocenters. The molecule has 2 amide bonds. The Bertz CT molecular complexity index is 616. The van der Waals surface area contributed by atoms with Gasteiger partial charge in [0.25, 0.3) is 5.91 Å². The quantitative estimate of drug-likeness (QED) is 0.777. The highest BCUT2D eigenvalue weighted by Crippen LogP contribution is 2.31. The minimum absolute atomic E-state index is 0.251. The Balaban J connectivity index is 2.17. The van der Waals surface area contributed by atoms with Crippen molar-refractivity contribution >= 4 is 17.5 Å². The van der Waals surface area contributed by atoms with E-state index in [1.165, 1.54) is 6.08 Å². The van der Waals surface area contributed by atoms with Crippen molar-refractivity contribution in [1.29, 1.82) is 0 Å². The molecule has 0 bridgehead atoms. The molecule has 0 radical (unpaired) electrons. The summed E-state index contributed by atoms with van der Waals surface area (Å²) in [7, 11) is 0. The molecule has 124 valence electrons. The van der Waals surface area contributed by atoms with E-state index in [1.807, 2.05) is 0 Å². The number of benzene rings is 1. The van der Waals surface area contributed by atoms with Crippen molar-refractivity contribution in [2.24, 2.45) is 0 Å². The number of alkyl halides is 3. The third kappa shape index (κ3) is 4.24. The van der Waals surface area contributed by atoms with Crippen LogP contribution in [0.1, 0.15) is 0 Å². The maximum atomic E-state index is 12.6. The number of nitrogens with zero attached hydrogens (tertiary/aromatic N) is 2. The average molecular weight is 328 g/mol. The van der Waals surface area contributed by atoms with Crippen LogP contribution in [0.25, 0.3) is 0 Å². The molecule has 5 nitrogen and oxygen atoms in total. The third-order valence-electron chi connectivity index (χ3n) is 3.17. The van der Waals surface area contributed by atoms with Gasteiger partial charge in [-0.05, 0) is 12.1 Å². The van der Waals surface area contributed by atoms with E-state index >= 15 is 0 Å². The minimum atomic E-state index is -4.52. The lowest BCUT2D eigenvalue weighted by atomic mass is 10.2. The number of fused-ring (bicyclic) bond motifs is 1. The van der Waals surface area contributed by atoms with E-state index in [0.29, 0.717) is 16.3 Å². The van der Waals surface area contributed by atoms with E-state index in [-0.39, 0.29) is 13.2 Å². The second-order valence-electron chi connectivity index (χ2n) is 4.91. The van der Waals surface area contributed by atoms with Crippen molar-refractivity contribution in [2.45, 2.75) is 6.18 Å². The summed E-state index contributed by atoms with van der Waals surface area (Å²) in [5, 5.41) is 0. The maximum Gasteiger partial charge on any atom is 0.406 e. The smallest absolute Gasteiger partial charge is 0.406 e. The van der Waals surface area contributed by atoms with Crippen LogP contribution in [-0.2, 0) is 9.59 Å². The number of hydrogen-bond acceptors (Lipinski definition) is 3. The third-order valence-corrected chi connectivity index (χ3v) is 3.17. The molecule has 1 aliphatic heterocycles. The Morgan fingerprint density at radius 2 is 2.09 bits per heavy atom. The molecule has 0 saturated heterocycles. The predicted octanol–water partition coefficient (Wildman–Crippen LogP) is 1.99. The van der Waals surface area contributed by atoms with Crippen molar-refractivity contribution in [2.75, 3.05) is 31.1 Å². The lowest BCUT2D eigenvalue weighted by Crippen LogP contribution is -2.48. The molecule has 0 fully saturated rings. The molecule has 23 heavy (non-hydrogen) atoms. The van der Waals surface area contributed by atoms with Crippen LogP contribution in [0.3, 0.4) is 0 Å². The van der Waals surface area contributed by atoms with Gasteiger partial charge in [0.05, 0.1) is 5.69 Å². The van der Waals surface area contributed by atoms with Gasteiger partial charge in [-0.1, -0.05) is 18.2 Å². The highest BCUT2D eigenvalue weighted by molar-refractivity contribution is 6.02. The summed E-state index contributed by atoms with van der Waals surface area (Å²) >= 11 is 0. The van der Waals surface area contributed by atoms with E-state index in [0.717, 1.165) is 4.90 Å². The van der Waals surface area contributed by atoms with Crippen molar-refractivity contribution in [3.8, 4) is 5.75 Å².